The summed E-state index contributed by atoms with van der Waals surface area (Å²) in [7, 11) is 2.14. The van der Waals surface area contributed by atoms with Crippen molar-refractivity contribution in [2.45, 2.75) is 51.7 Å². The Labute approximate surface area is 178 Å². The smallest absolute Gasteiger partial charge is 0.248 e. The highest BCUT2D eigenvalue weighted by atomic mass is 16.5. The van der Waals surface area contributed by atoms with Crippen LogP contribution in [0.25, 0.3) is 0 Å². The van der Waals surface area contributed by atoms with Crippen LogP contribution in [0.4, 0.5) is 0 Å². The van der Waals surface area contributed by atoms with Crippen LogP contribution in [0, 0.1) is 5.41 Å². The summed E-state index contributed by atoms with van der Waals surface area (Å²) in [6, 6.07) is 10.2. The predicted molar refractivity (Wildman–Crippen MR) is 113 cm³/mol. The van der Waals surface area contributed by atoms with Crippen molar-refractivity contribution in [3.05, 3.63) is 47.6 Å². The Kier molecular flexibility index (Phi) is 6.20. The van der Waals surface area contributed by atoms with Crippen LogP contribution in [-0.4, -0.2) is 59.1 Å². The summed E-state index contributed by atoms with van der Waals surface area (Å²) >= 11 is 0. The number of rotatable bonds is 6. The highest BCUT2D eigenvalue weighted by Crippen LogP contribution is 2.47. The van der Waals surface area contributed by atoms with Crippen LogP contribution in [0.15, 0.2) is 34.9 Å². The second kappa shape index (κ2) is 8.86. The van der Waals surface area contributed by atoms with Crippen LogP contribution in [0.1, 0.15) is 62.3 Å². The third-order valence-corrected chi connectivity index (χ3v) is 6.51. The first-order valence-electron chi connectivity index (χ1n) is 10.9. The van der Waals surface area contributed by atoms with Gasteiger partial charge >= 0.3 is 0 Å². The van der Waals surface area contributed by atoms with Crippen LogP contribution in [0.2, 0.25) is 0 Å². The number of piperidine rings is 1. The van der Waals surface area contributed by atoms with Crippen LogP contribution in [0.5, 0.6) is 0 Å². The standard InChI is InChI=1S/C23H32N4O3/c1-17(2)22-24-21(25-30-22)19-13-23(16-26(19)3)9-11-27(12-10-23)20(28)15-29-14-18-7-5-4-6-8-18/h4-8,17,19H,9-16H2,1-3H3. The Morgan fingerprint density at radius 2 is 2.00 bits per heavy atom. The SMILES string of the molecule is CC(C)c1nc(C2CC3(CCN(C(=O)COCc4ccccc4)CC3)CN2C)no1. The molecule has 30 heavy (non-hydrogen) atoms. The third kappa shape index (κ3) is 4.57. The zero-order valence-electron chi connectivity index (χ0n) is 18.2. The first-order valence-corrected chi connectivity index (χ1v) is 10.9. The predicted octanol–water partition coefficient (Wildman–Crippen LogP) is 3.40. The van der Waals surface area contributed by atoms with E-state index in [0.29, 0.717) is 12.5 Å². The number of carbonyl (C=O) groups excluding carboxylic acids is 1. The van der Waals surface area contributed by atoms with Crippen molar-refractivity contribution in [3.63, 3.8) is 0 Å². The second-order valence-electron chi connectivity index (χ2n) is 9.14. The van der Waals surface area contributed by atoms with Crippen LogP contribution < -0.4 is 0 Å². The van der Waals surface area contributed by atoms with Crippen molar-refractivity contribution in [2.75, 3.05) is 33.3 Å². The molecule has 0 N–H and O–H groups in total. The fourth-order valence-electron chi connectivity index (χ4n) is 4.69. The molecule has 2 saturated heterocycles. The van der Waals surface area contributed by atoms with Gasteiger partial charge in [-0.3, -0.25) is 9.69 Å². The highest BCUT2D eigenvalue weighted by Gasteiger charge is 2.46. The first-order chi connectivity index (χ1) is 14.5. The third-order valence-electron chi connectivity index (χ3n) is 6.51. The van der Waals surface area contributed by atoms with Gasteiger partial charge in [0, 0.05) is 25.6 Å². The number of carbonyl (C=O) groups is 1. The van der Waals surface area contributed by atoms with Crippen LogP contribution >= 0.6 is 0 Å². The molecule has 1 unspecified atom stereocenters. The van der Waals surface area contributed by atoms with E-state index in [-0.39, 0.29) is 29.9 Å². The van der Waals surface area contributed by atoms with E-state index in [1.54, 1.807) is 0 Å². The lowest BCUT2D eigenvalue weighted by Gasteiger charge is -2.39. The fourth-order valence-corrected chi connectivity index (χ4v) is 4.69. The van der Waals surface area contributed by atoms with E-state index in [1.165, 1.54) is 0 Å². The van der Waals surface area contributed by atoms with Gasteiger partial charge in [-0.2, -0.15) is 4.98 Å². The number of nitrogens with zero attached hydrogens (tertiary/aromatic N) is 4. The van der Waals surface area contributed by atoms with Gasteiger partial charge < -0.3 is 14.2 Å². The minimum atomic E-state index is 0.0865. The number of hydrogen-bond donors (Lipinski definition) is 0. The molecule has 0 bridgehead atoms. The van der Waals surface area contributed by atoms with Gasteiger partial charge in [0.05, 0.1) is 12.6 Å². The normalized spacial score (nSPS) is 21.6. The maximum atomic E-state index is 12.6. The summed E-state index contributed by atoms with van der Waals surface area (Å²) in [6.45, 7) is 7.33. The monoisotopic (exact) mass is 412 g/mol. The van der Waals surface area contributed by atoms with Crippen LogP contribution in [-0.2, 0) is 16.1 Å². The van der Waals surface area contributed by atoms with Gasteiger partial charge in [0.1, 0.15) is 6.61 Å². The summed E-state index contributed by atoms with van der Waals surface area (Å²) in [6.07, 6.45) is 3.04. The average molecular weight is 413 g/mol. The number of likely N-dealkylation sites (tertiary alicyclic amines) is 2. The first kappa shape index (κ1) is 21.0. The van der Waals surface area contributed by atoms with Crippen molar-refractivity contribution in [1.82, 2.24) is 19.9 Å². The second-order valence-corrected chi connectivity index (χ2v) is 9.14. The lowest BCUT2D eigenvalue weighted by Crippen LogP contribution is -2.45. The molecule has 0 saturated carbocycles. The molecule has 7 nitrogen and oxygen atoms in total. The highest BCUT2D eigenvalue weighted by molar-refractivity contribution is 5.77. The van der Waals surface area contributed by atoms with Crippen molar-refractivity contribution >= 4 is 5.91 Å². The van der Waals surface area contributed by atoms with E-state index in [1.807, 2.05) is 35.2 Å². The number of ether oxygens (including phenoxy) is 1. The Morgan fingerprint density at radius 3 is 2.67 bits per heavy atom. The molecule has 2 aliphatic rings. The molecular weight excluding hydrogens is 380 g/mol. The van der Waals surface area contributed by atoms with Gasteiger partial charge in [-0.15, -0.1) is 0 Å². The molecule has 1 amide bonds. The molecule has 3 heterocycles. The lowest BCUT2D eigenvalue weighted by atomic mass is 9.76. The molecule has 1 aromatic heterocycles. The van der Waals surface area contributed by atoms with Crippen molar-refractivity contribution in [3.8, 4) is 0 Å². The molecule has 162 valence electrons. The number of aromatic nitrogens is 2. The largest absolute Gasteiger partial charge is 0.367 e. The topological polar surface area (TPSA) is 71.7 Å². The van der Waals surface area contributed by atoms with Crippen molar-refractivity contribution in [2.24, 2.45) is 5.41 Å². The maximum Gasteiger partial charge on any atom is 0.248 e. The molecule has 1 aromatic carbocycles. The van der Waals surface area contributed by atoms with Gasteiger partial charge in [-0.25, -0.2) is 0 Å². The minimum absolute atomic E-state index is 0.0865. The summed E-state index contributed by atoms with van der Waals surface area (Å²) in [5.41, 5.74) is 1.31. The molecule has 7 heteroatoms. The molecule has 0 aliphatic carbocycles. The number of benzene rings is 1. The van der Waals surface area contributed by atoms with E-state index >= 15 is 0 Å². The number of hydrogen-bond acceptors (Lipinski definition) is 6. The molecule has 2 aromatic rings. The zero-order valence-corrected chi connectivity index (χ0v) is 18.2. The molecule has 4 rings (SSSR count). The molecule has 2 aliphatic heterocycles. The summed E-state index contributed by atoms with van der Waals surface area (Å²) in [5, 5.41) is 4.24. The summed E-state index contributed by atoms with van der Waals surface area (Å²) < 4.78 is 11.1. The van der Waals surface area contributed by atoms with Gasteiger partial charge in [0.15, 0.2) is 5.82 Å². The van der Waals surface area contributed by atoms with E-state index < -0.39 is 0 Å². The van der Waals surface area contributed by atoms with E-state index in [2.05, 4.69) is 35.9 Å². The Bertz CT molecular complexity index is 843. The average Bonchev–Trinajstić information content (AvgIpc) is 3.34. The maximum absolute atomic E-state index is 12.6. The fraction of sp³-hybridized carbons (Fsp3) is 0.609. The van der Waals surface area contributed by atoms with E-state index in [4.69, 9.17) is 9.26 Å². The van der Waals surface area contributed by atoms with Crippen LogP contribution in [0.3, 0.4) is 0 Å². The van der Waals surface area contributed by atoms with Gasteiger partial charge in [0.25, 0.3) is 0 Å². The van der Waals surface area contributed by atoms with Gasteiger partial charge in [-0.05, 0) is 37.3 Å². The molecule has 1 spiro atoms. The summed E-state index contributed by atoms with van der Waals surface area (Å²) in [5.74, 6) is 1.83. The molecular formula is C23H32N4O3. The minimum Gasteiger partial charge on any atom is -0.367 e. The Balaban J connectivity index is 1.27. The number of amides is 1. The molecule has 2 fully saturated rings. The quantitative estimate of drug-likeness (QED) is 0.724. The van der Waals surface area contributed by atoms with Gasteiger partial charge in [-0.1, -0.05) is 49.3 Å². The van der Waals surface area contributed by atoms with Crippen molar-refractivity contribution < 1.29 is 14.1 Å². The lowest BCUT2D eigenvalue weighted by molar-refractivity contribution is -0.138. The van der Waals surface area contributed by atoms with E-state index in [0.717, 1.165) is 50.3 Å². The zero-order chi connectivity index (χ0) is 21.1. The van der Waals surface area contributed by atoms with Crippen molar-refractivity contribution in [1.29, 1.82) is 0 Å². The molecule has 0 radical (unpaired) electrons. The Morgan fingerprint density at radius 1 is 1.27 bits per heavy atom. The summed E-state index contributed by atoms with van der Waals surface area (Å²) in [4.78, 5) is 21.5. The van der Waals surface area contributed by atoms with Gasteiger partial charge in [0.2, 0.25) is 11.8 Å². The Hall–Kier alpha value is -2.25. The van der Waals surface area contributed by atoms with E-state index in [9.17, 15) is 4.79 Å². The molecule has 1 atom stereocenters.